The lowest BCUT2D eigenvalue weighted by atomic mass is 10.1. The van der Waals surface area contributed by atoms with Crippen LogP contribution in [0, 0.1) is 5.82 Å². The van der Waals surface area contributed by atoms with E-state index in [0.29, 0.717) is 10.2 Å². The van der Waals surface area contributed by atoms with E-state index in [9.17, 15) is 14.3 Å². The number of fused-ring (bicyclic) bond motifs is 1. The van der Waals surface area contributed by atoms with Crippen LogP contribution in [-0.2, 0) is 0 Å². The van der Waals surface area contributed by atoms with Gasteiger partial charge in [-0.15, -0.1) is 0 Å². The summed E-state index contributed by atoms with van der Waals surface area (Å²) in [5, 5.41) is 16.7. The summed E-state index contributed by atoms with van der Waals surface area (Å²) < 4.78 is 13.9. The standard InChI is InChI=1S/C17H12BrFN2O2/c18-11-8-13(19)16(22)15(9-11)21-17(23)20-14-7-3-5-10-4-1-2-6-12(10)14/h1-9,22H,(H2,20,21,23). The second-order valence-electron chi connectivity index (χ2n) is 4.89. The number of anilines is 2. The molecule has 3 aromatic rings. The first kappa shape index (κ1) is 15.3. The Hall–Kier alpha value is -2.60. The molecule has 3 aromatic carbocycles. The molecule has 3 rings (SSSR count). The van der Waals surface area contributed by atoms with Crippen LogP contribution in [0.4, 0.5) is 20.6 Å². The summed E-state index contributed by atoms with van der Waals surface area (Å²) in [4.78, 5) is 12.1. The second-order valence-corrected chi connectivity index (χ2v) is 5.81. The van der Waals surface area contributed by atoms with E-state index in [4.69, 9.17) is 0 Å². The molecule has 23 heavy (non-hydrogen) atoms. The van der Waals surface area contributed by atoms with Crippen LogP contribution in [0.3, 0.4) is 0 Å². The van der Waals surface area contributed by atoms with E-state index in [2.05, 4.69) is 26.6 Å². The molecule has 6 heteroatoms. The molecule has 0 aromatic heterocycles. The maximum absolute atomic E-state index is 13.5. The molecule has 0 saturated carbocycles. The second kappa shape index (κ2) is 6.26. The molecule has 0 aliphatic rings. The highest BCUT2D eigenvalue weighted by atomic mass is 79.9. The maximum atomic E-state index is 13.5. The van der Waals surface area contributed by atoms with Crippen molar-refractivity contribution in [2.45, 2.75) is 0 Å². The predicted octanol–water partition coefficient (Wildman–Crippen LogP) is 5.09. The molecule has 0 aliphatic heterocycles. The van der Waals surface area contributed by atoms with Crippen LogP contribution >= 0.6 is 15.9 Å². The van der Waals surface area contributed by atoms with Crippen LogP contribution in [-0.4, -0.2) is 11.1 Å². The number of aromatic hydroxyl groups is 1. The van der Waals surface area contributed by atoms with Gasteiger partial charge in [0.05, 0.1) is 11.4 Å². The highest BCUT2D eigenvalue weighted by Gasteiger charge is 2.12. The summed E-state index contributed by atoms with van der Waals surface area (Å²) in [5.74, 6) is -1.43. The number of carbonyl (C=O) groups is 1. The Morgan fingerprint density at radius 2 is 1.70 bits per heavy atom. The van der Waals surface area contributed by atoms with Gasteiger partial charge >= 0.3 is 6.03 Å². The lowest BCUT2D eigenvalue weighted by Crippen LogP contribution is -2.19. The van der Waals surface area contributed by atoms with E-state index in [1.54, 1.807) is 6.07 Å². The zero-order valence-corrected chi connectivity index (χ0v) is 13.4. The highest BCUT2D eigenvalue weighted by Crippen LogP contribution is 2.31. The summed E-state index contributed by atoms with van der Waals surface area (Å²) in [6, 6.07) is 15.1. The fourth-order valence-electron chi connectivity index (χ4n) is 2.27. The van der Waals surface area contributed by atoms with Gasteiger partial charge in [-0.05, 0) is 23.6 Å². The lowest BCUT2D eigenvalue weighted by molar-refractivity contribution is 0.262. The van der Waals surface area contributed by atoms with Gasteiger partial charge in [-0.3, -0.25) is 0 Å². The number of hydrogen-bond donors (Lipinski definition) is 3. The largest absolute Gasteiger partial charge is 0.503 e. The van der Waals surface area contributed by atoms with E-state index in [1.165, 1.54) is 6.07 Å². The Kier molecular flexibility index (Phi) is 4.16. The minimum absolute atomic E-state index is 0.0189. The van der Waals surface area contributed by atoms with Crippen LogP contribution in [0.25, 0.3) is 10.8 Å². The molecule has 0 bridgehead atoms. The van der Waals surface area contributed by atoms with E-state index >= 15 is 0 Å². The third-order valence-electron chi connectivity index (χ3n) is 3.31. The first-order valence-corrected chi connectivity index (χ1v) is 7.57. The number of phenols is 1. The number of hydrogen-bond acceptors (Lipinski definition) is 2. The van der Waals surface area contributed by atoms with Crippen LogP contribution in [0.2, 0.25) is 0 Å². The van der Waals surface area contributed by atoms with Gasteiger partial charge in [0.1, 0.15) is 0 Å². The Morgan fingerprint density at radius 3 is 2.52 bits per heavy atom. The van der Waals surface area contributed by atoms with E-state index < -0.39 is 17.6 Å². The molecule has 0 unspecified atom stereocenters. The monoisotopic (exact) mass is 374 g/mol. The van der Waals surface area contributed by atoms with Crippen LogP contribution in [0.15, 0.2) is 59.1 Å². The van der Waals surface area contributed by atoms with Gasteiger partial charge in [0.15, 0.2) is 11.6 Å². The van der Waals surface area contributed by atoms with Crippen molar-refractivity contribution in [3.8, 4) is 5.75 Å². The molecule has 0 aliphatic carbocycles. The zero-order chi connectivity index (χ0) is 16.4. The van der Waals surface area contributed by atoms with Gasteiger partial charge in [-0.2, -0.15) is 0 Å². The van der Waals surface area contributed by atoms with Gasteiger partial charge in [0, 0.05) is 9.86 Å². The third-order valence-corrected chi connectivity index (χ3v) is 3.77. The van der Waals surface area contributed by atoms with Gasteiger partial charge in [-0.1, -0.05) is 52.3 Å². The summed E-state index contributed by atoms with van der Waals surface area (Å²) in [5.41, 5.74) is 0.602. The number of urea groups is 1. The Balaban J connectivity index is 1.85. The van der Waals surface area contributed by atoms with Gasteiger partial charge in [0.25, 0.3) is 0 Å². The van der Waals surface area contributed by atoms with Gasteiger partial charge in [0.2, 0.25) is 0 Å². The van der Waals surface area contributed by atoms with Crippen LogP contribution in [0.1, 0.15) is 0 Å². The fourth-order valence-corrected chi connectivity index (χ4v) is 2.70. The highest BCUT2D eigenvalue weighted by molar-refractivity contribution is 9.10. The minimum Gasteiger partial charge on any atom is -0.503 e. The van der Waals surface area contributed by atoms with Crippen molar-refractivity contribution >= 4 is 44.1 Å². The molecule has 0 atom stereocenters. The topological polar surface area (TPSA) is 61.4 Å². The summed E-state index contributed by atoms with van der Waals surface area (Å²) in [7, 11) is 0. The number of benzene rings is 3. The predicted molar refractivity (Wildman–Crippen MR) is 92.4 cm³/mol. The third kappa shape index (κ3) is 3.27. The van der Waals surface area contributed by atoms with Crippen molar-refractivity contribution in [2.24, 2.45) is 0 Å². The molecular weight excluding hydrogens is 363 g/mol. The fraction of sp³-hybridized carbons (Fsp3) is 0. The van der Waals surface area contributed by atoms with Gasteiger partial charge < -0.3 is 15.7 Å². The number of rotatable bonds is 2. The van der Waals surface area contributed by atoms with E-state index in [1.807, 2.05) is 36.4 Å². The molecule has 0 radical (unpaired) electrons. The summed E-state index contributed by atoms with van der Waals surface area (Å²) in [6.45, 7) is 0. The molecule has 0 heterocycles. The van der Waals surface area contributed by atoms with E-state index in [0.717, 1.165) is 16.8 Å². The average molecular weight is 375 g/mol. The molecular formula is C17H12BrFN2O2. The molecule has 0 saturated heterocycles. The SMILES string of the molecule is O=C(Nc1cc(Br)cc(F)c1O)Nc1cccc2ccccc12. The van der Waals surface area contributed by atoms with Crippen molar-refractivity contribution in [1.82, 2.24) is 0 Å². The molecule has 0 spiro atoms. The smallest absolute Gasteiger partial charge is 0.323 e. The maximum Gasteiger partial charge on any atom is 0.323 e. The molecule has 4 nitrogen and oxygen atoms in total. The zero-order valence-electron chi connectivity index (χ0n) is 11.8. The average Bonchev–Trinajstić information content (AvgIpc) is 2.52. The number of nitrogens with one attached hydrogen (secondary N) is 2. The number of phenolic OH excluding ortho intramolecular Hbond substituents is 1. The molecule has 0 fully saturated rings. The van der Waals surface area contributed by atoms with Crippen molar-refractivity contribution in [3.05, 3.63) is 64.9 Å². The van der Waals surface area contributed by atoms with E-state index in [-0.39, 0.29) is 5.69 Å². The van der Waals surface area contributed by atoms with Crippen molar-refractivity contribution < 1.29 is 14.3 Å². The van der Waals surface area contributed by atoms with Crippen LogP contribution in [0.5, 0.6) is 5.75 Å². The number of halogens is 2. The minimum atomic E-state index is -0.820. The van der Waals surface area contributed by atoms with Gasteiger partial charge in [-0.25, -0.2) is 9.18 Å². The normalized spacial score (nSPS) is 10.5. The molecule has 2 amide bonds. The summed E-state index contributed by atoms with van der Waals surface area (Å²) in [6.07, 6.45) is 0. The quantitative estimate of drug-likeness (QED) is 0.547. The lowest BCUT2D eigenvalue weighted by Gasteiger charge is -2.11. The summed E-state index contributed by atoms with van der Waals surface area (Å²) >= 11 is 3.11. The first-order chi connectivity index (χ1) is 11.0. The Labute approximate surface area is 140 Å². The van der Waals surface area contributed by atoms with Crippen molar-refractivity contribution in [2.75, 3.05) is 10.6 Å². The Morgan fingerprint density at radius 1 is 1.00 bits per heavy atom. The van der Waals surface area contributed by atoms with Crippen molar-refractivity contribution in [3.63, 3.8) is 0 Å². The molecule has 3 N–H and O–H groups in total. The van der Waals surface area contributed by atoms with Crippen LogP contribution < -0.4 is 10.6 Å². The first-order valence-electron chi connectivity index (χ1n) is 6.78. The number of amides is 2. The number of carbonyl (C=O) groups excluding carboxylic acids is 1. The van der Waals surface area contributed by atoms with Crippen molar-refractivity contribution in [1.29, 1.82) is 0 Å². The molecule has 116 valence electrons. The Bertz CT molecular complexity index is 894.